The van der Waals surface area contributed by atoms with Crippen LogP contribution in [0.2, 0.25) is 0 Å². The van der Waals surface area contributed by atoms with Gasteiger partial charge in [0, 0.05) is 23.0 Å². The Bertz CT molecular complexity index is 1130. The molecule has 2 aromatic carbocycles. The number of para-hydroxylation sites is 1. The lowest BCUT2D eigenvalue weighted by molar-refractivity contribution is -0.679. The van der Waals surface area contributed by atoms with Crippen LogP contribution in [-0.4, -0.2) is 17.5 Å². The predicted octanol–water partition coefficient (Wildman–Crippen LogP) is 3.44. The SMILES string of the molecule is O=C(c1ccc(OC(F)F)c2oc3ccccc3c12)[NH+]([O-])c1cccnc1. The van der Waals surface area contributed by atoms with E-state index in [2.05, 4.69) is 9.72 Å². The van der Waals surface area contributed by atoms with E-state index in [-0.39, 0.29) is 28.0 Å². The van der Waals surface area contributed by atoms with Crippen molar-refractivity contribution in [3.05, 3.63) is 71.7 Å². The number of hydrogen-bond acceptors (Lipinski definition) is 5. The first kappa shape index (κ1) is 17.1. The van der Waals surface area contributed by atoms with Crippen LogP contribution in [0.25, 0.3) is 21.9 Å². The highest BCUT2D eigenvalue weighted by Gasteiger charge is 2.25. The highest BCUT2D eigenvalue weighted by atomic mass is 19.3. The second-order valence-electron chi connectivity index (χ2n) is 5.69. The highest BCUT2D eigenvalue weighted by molar-refractivity contribution is 6.16. The van der Waals surface area contributed by atoms with Crippen molar-refractivity contribution in [1.29, 1.82) is 0 Å². The molecule has 0 fully saturated rings. The number of carbonyl (C=O) groups is 1. The predicted molar refractivity (Wildman–Crippen MR) is 92.9 cm³/mol. The van der Waals surface area contributed by atoms with Gasteiger partial charge in [-0.1, -0.05) is 18.2 Å². The maximum absolute atomic E-state index is 12.8. The number of ether oxygens (including phenoxy) is 1. The molecule has 27 heavy (non-hydrogen) atoms. The fourth-order valence-corrected chi connectivity index (χ4v) is 2.93. The fraction of sp³-hybridized carbons (Fsp3) is 0.0526. The second kappa shape index (κ2) is 6.75. The number of hydroxylamine groups is 1. The summed E-state index contributed by atoms with van der Waals surface area (Å²) in [5.41, 5.74) is 0.559. The third-order valence-electron chi connectivity index (χ3n) is 4.08. The number of rotatable bonds is 4. The molecule has 1 amide bonds. The van der Waals surface area contributed by atoms with Crippen molar-refractivity contribution in [1.82, 2.24) is 4.98 Å². The van der Waals surface area contributed by atoms with E-state index in [0.29, 0.717) is 11.0 Å². The van der Waals surface area contributed by atoms with E-state index in [0.717, 1.165) is 0 Å². The number of furan rings is 1. The van der Waals surface area contributed by atoms with Gasteiger partial charge < -0.3 is 14.4 Å². The van der Waals surface area contributed by atoms with E-state index in [1.165, 1.54) is 30.6 Å². The Morgan fingerprint density at radius 1 is 1.15 bits per heavy atom. The summed E-state index contributed by atoms with van der Waals surface area (Å²) in [6, 6.07) is 12.3. The molecule has 0 saturated heterocycles. The lowest BCUT2D eigenvalue weighted by Crippen LogP contribution is -3.05. The number of quaternary nitrogens is 1. The number of amides is 1. The van der Waals surface area contributed by atoms with Crippen LogP contribution in [0, 0.1) is 5.21 Å². The van der Waals surface area contributed by atoms with E-state index >= 15 is 0 Å². The molecule has 0 aliphatic rings. The Morgan fingerprint density at radius 3 is 2.70 bits per heavy atom. The molecule has 0 bridgehead atoms. The van der Waals surface area contributed by atoms with Crippen molar-refractivity contribution in [3.8, 4) is 5.75 Å². The van der Waals surface area contributed by atoms with Crippen LogP contribution in [0.3, 0.4) is 0 Å². The molecule has 1 unspecified atom stereocenters. The summed E-state index contributed by atoms with van der Waals surface area (Å²) in [4.78, 5) is 16.7. The normalized spacial score (nSPS) is 12.6. The van der Waals surface area contributed by atoms with Gasteiger partial charge in [-0.3, -0.25) is 10.0 Å². The van der Waals surface area contributed by atoms with Crippen LogP contribution in [0.15, 0.2) is 65.3 Å². The average Bonchev–Trinajstić information content (AvgIpc) is 3.08. The summed E-state index contributed by atoms with van der Waals surface area (Å²) < 4.78 is 35.6. The number of halogens is 2. The number of pyridine rings is 1. The number of alkyl halides is 2. The van der Waals surface area contributed by atoms with E-state index in [1.807, 2.05) is 0 Å². The minimum atomic E-state index is -3.06. The van der Waals surface area contributed by atoms with Gasteiger partial charge >= 0.3 is 12.5 Å². The van der Waals surface area contributed by atoms with Crippen molar-refractivity contribution in [2.45, 2.75) is 6.61 Å². The summed E-state index contributed by atoms with van der Waals surface area (Å²) in [6.07, 6.45) is 2.78. The highest BCUT2D eigenvalue weighted by Crippen LogP contribution is 2.37. The number of nitrogens with one attached hydrogen (secondary N) is 1. The zero-order valence-electron chi connectivity index (χ0n) is 13.7. The number of nitrogens with zero attached hydrogens (tertiary/aromatic N) is 1. The van der Waals surface area contributed by atoms with Crippen LogP contribution < -0.4 is 9.80 Å². The molecule has 0 spiro atoms. The average molecular weight is 370 g/mol. The first-order valence-corrected chi connectivity index (χ1v) is 7.94. The summed E-state index contributed by atoms with van der Waals surface area (Å²) in [5.74, 6) is -0.996. The summed E-state index contributed by atoms with van der Waals surface area (Å²) in [7, 11) is 0. The number of carbonyl (C=O) groups excluding carboxylic acids is 1. The molecule has 0 saturated carbocycles. The Morgan fingerprint density at radius 2 is 1.96 bits per heavy atom. The first-order valence-electron chi connectivity index (χ1n) is 7.94. The van der Waals surface area contributed by atoms with Crippen molar-refractivity contribution < 1.29 is 27.8 Å². The standard InChI is InChI=1S/C19H12F2N2O4/c20-19(21)27-15-8-7-13(18(24)23(25)11-4-3-9-22-10-11)16-12-5-1-2-6-14(12)26-17(15)16/h1-10,19,23H. The Balaban J connectivity index is 1.92. The van der Waals surface area contributed by atoms with E-state index in [4.69, 9.17) is 4.42 Å². The Kier molecular flexibility index (Phi) is 4.27. The van der Waals surface area contributed by atoms with Crippen molar-refractivity contribution in [3.63, 3.8) is 0 Å². The third kappa shape index (κ3) is 3.01. The minimum absolute atomic E-state index is 0.0127. The molecule has 0 aliphatic carbocycles. The third-order valence-corrected chi connectivity index (χ3v) is 4.08. The van der Waals surface area contributed by atoms with Gasteiger partial charge in [-0.15, -0.1) is 0 Å². The quantitative estimate of drug-likeness (QED) is 0.557. The van der Waals surface area contributed by atoms with Gasteiger partial charge in [0.25, 0.3) is 0 Å². The zero-order valence-corrected chi connectivity index (χ0v) is 13.7. The molecule has 136 valence electrons. The van der Waals surface area contributed by atoms with Crippen molar-refractivity contribution >= 4 is 33.5 Å². The second-order valence-corrected chi connectivity index (χ2v) is 5.69. The Labute approximate surface area is 151 Å². The van der Waals surface area contributed by atoms with Crippen LogP contribution in [0.5, 0.6) is 5.75 Å². The summed E-state index contributed by atoms with van der Waals surface area (Å²) in [5, 5.41) is 12.6. The van der Waals surface area contributed by atoms with Gasteiger partial charge in [0.2, 0.25) is 0 Å². The topological polar surface area (TPSA) is 79.8 Å². The van der Waals surface area contributed by atoms with E-state index in [1.54, 1.807) is 30.3 Å². The van der Waals surface area contributed by atoms with Crippen LogP contribution >= 0.6 is 0 Å². The lowest BCUT2D eigenvalue weighted by Gasteiger charge is -2.19. The molecule has 6 nitrogen and oxygen atoms in total. The molecule has 4 aromatic rings. The van der Waals surface area contributed by atoms with Gasteiger partial charge in [-0.2, -0.15) is 8.78 Å². The van der Waals surface area contributed by atoms with Gasteiger partial charge in [-0.25, -0.2) is 4.79 Å². The Hall–Kier alpha value is -3.36. The number of aromatic nitrogens is 1. The number of fused-ring (bicyclic) bond motifs is 3. The van der Waals surface area contributed by atoms with Gasteiger partial charge in [0.05, 0.1) is 11.8 Å². The monoisotopic (exact) mass is 370 g/mol. The molecule has 0 radical (unpaired) electrons. The molecular weight excluding hydrogens is 358 g/mol. The zero-order chi connectivity index (χ0) is 19.0. The first-order chi connectivity index (χ1) is 13.1. The van der Waals surface area contributed by atoms with E-state index < -0.39 is 17.6 Å². The van der Waals surface area contributed by atoms with Gasteiger partial charge in [-0.05, 0) is 24.3 Å². The number of benzene rings is 2. The number of hydrogen-bond donors (Lipinski definition) is 1. The molecule has 2 aromatic heterocycles. The van der Waals surface area contributed by atoms with Crippen LogP contribution in [-0.2, 0) is 0 Å². The van der Waals surface area contributed by atoms with Gasteiger partial charge in [0.1, 0.15) is 5.58 Å². The molecular formula is C19H12F2N2O4. The molecule has 0 aliphatic heterocycles. The molecule has 1 N–H and O–H groups in total. The maximum Gasteiger partial charge on any atom is 0.387 e. The fourth-order valence-electron chi connectivity index (χ4n) is 2.93. The minimum Gasteiger partial charge on any atom is -0.621 e. The summed E-state index contributed by atoms with van der Waals surface area (Å²) >= 11 is 0. The molecule has 2 heterocycles. The van der Waals surface area contributed by atoms with Crippen LogP contribution in [0.1, 0.15) is 10.4 Å². The maximum atomic E-state index is 12.8. The van der Waals surface area contributed by atoms with Gasteiger partial charge in [0.15, 0.2) is 17.0 Å². The van der Waals surface area contributed by atoms with Crippen LogP contribution in [0.4, 0.5) is 14.5 Å². The molecule has 8 heteroatoms. The molecule has 4 rings (SSSR count). The lowest BCUT2D eigenvalue weighted by atomic mass is 10.0. The van der Waals surface area contributed by atoms with Crippen molar-refractivity contribution in [2.75, 3.05) is 0 Å². The van der Waals surface area contributed by atoms with Crippen molar-refractivity contribution in [2.24, 2.45) is 0 Å². The largest absolute Gasteiger partial charge is 0.621 e. The van der Waals surface area contributed by atoms with E-state index in [9.17, 15) is 18.8 Å². The molecule has 1 atom stereocenters. The smallest absolute Gasteiger partial charge is 0.387 e. The summed E-state index contributed by atoms with van der Waals surface area (Å²) in [6.45, 7) is -3.06.